The number of alkyl halides is 3. The van der Waals surface area contributed by atoms with Crippen LogP contribution in [-0.2, 0) is 15.7 Å². The number of rotatable bonds is 5. The molecule has 26 heavy (non-hydrogen) atoms. The molecular formula is C20H18F3NO2. The Bertz CT molecular complexity index is 822. The predicted molar refractivity (Wildman–Crippen MR) is 94.7 cm³/mol. The number of benzene rings is 2. The molecule has 0 aliphatic carbocycles. The highest BCUT2D eigenvalue weighted by Gasteiger charge is 2.30. The Labute approximate surface area is 149 Å². The molecular weight excluding hydrogens is 343 g/mol. The van der Waals surface area contributed by atoms with Gasteiger partial charge in [-0.2, -0.15) is 13.2 Å². The van der Waals surface area contributed by atoms with E-state index >= 15 is 0 Å². The Morgan fingerprint density at radius 1 is 1.04 bits per heavy atom. The van der Waals surface area contributed by atoms with Crippen LogP contribution in [-0.4, -0.2) is 12.6 Å². The first kappa shape index (κ1) is 19.3. The van der Waals surface area contributed by atoms with E-state index in [9.17, 15) is 18.0 Å². The highest BCUT2D eigenvalue weighted by Crippen LogP contribution is 2.31. The highest BCUT2D eigenvalue weighted by atomic mass is 19.4. The molecule has 0 fully saturated rings. The van der Waals surface area contributed by atoms with Gasteiger partial charge in [0.25, 0.3) is 0 Å². The second-order valence-electron chi connectivity index (χ2n) is 5.43. The molecule has 0 atom stereocenters. The molecule has 2 aromatic carbocycles. The van der Waals surface area contributed by atoms with Gasteiger partial charge in [0.2, 0.25) is 0 Å². The molecule has 0 radical (unpaired) electrons. The summed E-state index contributed by atoms with van der Waals surface area (Å²) < 4.78 is 43.2. The molecule has 2 N–H and O–H groups in total. The van der Waals surface area contributed by atoms with E-state index < -0.39 is 17.7 Å². The molecule has 0 amide bonds. The third-order valence-electron chi connectivity index (χ3n) is 3.70. The SMILES string of the molecule is C=C(/C(C(=O)OCC)=C(\N)c1ccc(C(F)(F)F)cc1)c1ccccc1. The number of hydrogen-bond donors (Lipinski definition) is 1. The molecule has 3 nitrogen and oxygen atoms in total. The molecule has 0 saturated heterocycles. The quantitative estimate of drug-likeness (QED) is 0.479. The van der Waals surface area contributed by atoms with Gasteiger partial charge < -0.3 is 10.5 Å². The Morgan fingerprint density at radius 3 is 2.12 bits per heavy atom. The Morgan fingerprint density at radius 2 is 1.62 bits per heavy atom. The van der Waals surface area contributed by atoms with Crippen molar-refractivity contribution in [1.29, 1.82) is 0 Å². The van der Waals surface area contributed by atoms with E-state index in [-0.39, 0.29) is 23.4 Å². The van der Waals surface area contributed by atoms with Crippen LogP contribution in [0.5, 0.6) is 0 Å². The average molecular weight is 361 g/mol. The van der Waals surface area contributed by atoms with Gasteiger partial charge >= 0.3 is 12.1 Å². The fourth-order valence-corrected chi connectivity index (χ4v) is 2.37. The van der Waals surface area contributed by atoms with Crippen LogP contribution >= 0.6 is 0 Å². The molecule has 136 valence electrons. The summed E-state index contributed by atoms with van der Waals surface area (Å²) in [5.41, 5.74) is 6.61. The molecule has 2 rings (SSSR count). The number of halogens is 3. The van der Waals surface area contributed by atoms with Gasteiger partial charge in [-0.25, -0.2) is 4.79 Å². The van der Waals surface area contributed by atoms with Gasteiger partial charge in [0.1, 0.15) is 0 Å². The van der Waals surface area contributed by atoms with E-state index in [1.165, 1.54) is 12.1 Å². The second-order valence-corrected chi connectivity index (χ2v) is 5.43. The number of ether oxygens (including phenoxy) is 1. The van der Waals surface area contributed by atoms with Crippen LogP contribution in [0.3, 0.4) is 0 Å². The highest BCUT2D eigenvalue weighted by molar-refractivity contribution is 6.12. The van der Waals surface area contributed by atoms with Crippen LogP contribution in [0.4, 0.5) is 13.2 Å². The van der Waals surface area contributed by atoms with E-state index in [2.05, 4.69) is 6.58 Å². The molecule has 0 unspecified atom stereocenters. The standard InChI is InChI=1S/C20H18F3NO2/c1-3-26-19(25)17(13(2)14-7-5-4-6-8-14)18(24)15-9-11-16(12-10-15)20(21,22)23/h4-12H,2-3,24H2,1H3/b18-17+. The van der Waals surface area contributed by atoms with Crippen LogP contribution in [0.15, 0.2) is 66.7 Å². The average Bonchev–Trinajstić information content (AvgIpc) is 2.62. The van der Waals surface area contributed by atoms with E-state index in [0.717, 1.165) is 12.1 Å². The second kappa shape index (κ2) is 7.91. The minimum Gasteiger partial charge on any atom is -0.462 e. The van der Waals surface area contributed by atoms with Gasteiger partial charge in [-0.1, -0.05) is 49.0 Å². The topological polar surface area (TPSA) is 52.3 Å². The lowest BCUT2D eigenvalue weighted by atomic mass is 9.95. The third kappa shape index (κ3) is 4.33. The Balaban J connectivity index is 2.52. The van der Waals surface area contributed by atoms with Crippen molar-refractivity contribution in [2.24, 2.45) is 5.73 Å². The monoisotopic (exact) mass is 361 g/mol. The summed E-state index contributed by atoms with van der Waals surface area (Å²) >= 11 is 0. The number of carbonyl (C=O) groups is 1. The molecule has 0 aliphatic rings. The summed E-state index contributed by atoms with van der Waals surface area (Å²) in [5, 5.41) is 0. The summed E-state index contributed by atoms with van der Waals surface area (Å²) in [6.45, 7) is 5.69. The minimum absolute atomic E-state index is 0.00558. The van der Waals surface area contributed by atoms with Crippen LogP contribution in [0, 0.1) is 0 Å². The lowest BCUT2D eigenvalue weighted by Crippen LogP contribution is -2.15. The van der Waals surface area contributed by atoms with Crippen molar-refractivity contribution in [1.82, 2.24) is 0 Å². The number of esters is 1. The van der Waals surface area contributed by atoms with Crippen molar-refractivity contribution >= 4 is 17.2 Å². The van der Waals surface area contributed by atoms with Gasteiger partial charge in [-0.3, -0.25) is 0 Å². The fraction of sp³-hybridized carbons (Fsp3) is 0.150. The largest absolute Gasteiger partial charge is 0.462 e. The maximum atomic E-state index is 12.7. The first-order valence-corrected chi connectivity index (χ1v) is 7.85. The minimum atomic E-state index is -4.45. The summed E-state index contributed by atoms with van der Waals surface area (Å²) in [7, 11) is 0. The molecule has 6 heteroatoms. The molecule has 0 aromatic heterocycles. The fourth-order valence-electron chi connectivity index (χ4n) is 2.37. The number of nitrogens with two attached hydrogens (primary N) is 1. The van der Waals surface area contributed by atoms with Crippen LogP contribution in [0.1, 0.15) is 23.6 Å². The normalized spacial score (nSPS) is 12.3. The lowest BCUT2D eigenvalue weighted by Gasteiger charge is -2.15. The van der Waals surface area contributed by atoms with Crippen molar-refractivity contribution in [3.63, 3.8) is 0 Å². The molecule has 0 aliphatic heterocycles. The summed E-state index contributed by atoms with van der Waals surface area (Å²) in [6.07, 6.45) is -4.45. The molecule has 0 saturated carbocycles. The predicted octanol–water partition coefficient (Wildman–Crippen LogP) is 4.65. The van der Waals surface area contributed by atoms with Gasteiger partial charge in [0, 0.05) is 0 Å². The van der Waals surface area contributed by atoms with E-state index in [1.54, 1.807) is 31.2 Å². The zero-order valence-electron chi connectivity index (χ0n) is 14.1. The number of carbonyl (C=O) groups excluding carboxylic acids is 1. The molecule has 2 aromatic rings. The van der Waals surface area contributed by atoms with Crippen molar-refractivity contribution < 1.29 is 22.7 Å². The Hall–Kier alpha value is -3.02. The zero-order chi connectivity index (χ0) is 19.3. The molecule has 0 bridgehead atoms. The zero-order valence-corrected chi connectivity index (χ0v) is 14.1. The first-order chi connectivity index (χ1) is 12.3. The van der Waals surface area contributed by atoms with Gasteiger partial charge in [0.15, 0.2) is 0 Å². The number of hydrogen-bond acceptors (Lipinski definition) is 3. The van der Waals surface area contributed by atoms with Gasteiger partial charge in [-0.15, -0.1) is 0 Å². The van der Waals surface area contributed by atoms with E-state index in [4.69, 9.17) is 10.5 Å². The lowest BCUT2D eigenvalue weighted by molar-refractivity contribution is -0.138. The van der Waals surface area contributed by atoms with Crippen LogP contribution in [0.2, 0.25) is 0 Å². The summed E-state index contributed by atoms with van der Waals surface area (Å²) in [6, 6.07) is 13.1. The van der Waals surface area contributed by atoms with Crippen molar-refractivity contribution in [2.45, 2.75) is 13.1 Å². The van der Waals surface area contributed by atoms with Crippen LogP contribution in [0.25, 0.3) is 11.3 Å². The molecule has 0 heterocycles. The van der Waals surface area contributed by atoms with Crippen molar-refractivity contribution in [2.75, 3.05) is 6.61 Å². The first-order valence-electron chi connectivity index (χ1n) is 7.85. The third-order valence-corrected chi connectivity index (χ3v) is 3.70. The van der Waals surface area contributed by atoms with E-state index in [1.807, 2.05) is 6.07 Å². The van der Waals surface area contributed by atoms with Gasteiger partial charge in [0.05, 0.1) is 23.4 Å². The van der Waals surface area contributed by atoms with Crippen molar-refractivity contribution in [3.8, 4) is 0 Å². The molecule has 0 spiro atoms. The smallest absolute Gasteiger partial charge is 0.416 e. The van der Waals surface area contributed by atoms with Crippen molar-refractivity contribution in [3.05, 3.63) is 83.4 Å². The maximum Gasteiger partial charge on any atom is 0.416 e. The van der Waals surface area contributed by atoms with Gasteiger partial charge in [-0.05, 0) is 35.8 Å². The van der Waals surface area contributed by atoms with E-state index in [0.29, 0.717) is 11.1 Å². The summed E-state index contributed by atoms with van der Waals surface area (Å²) in [4.78, 5) is 12.4. The van der Waals surface area contributed by atoms with Crippen LogP contribution < -0.4 is 5.73 Å². The maximum absolute atomic E-state index is 12.7. The summed E-state index contributed by atoms with van der Waals surface area (Å²) in [5.74, 6) is -0.682. The Kier molecular flexibility index (Phi) is 5.87.